The molecule has 1 aromatic rings. The molecule has 0 saturated heterocycles. The van der Waals surface area contributed by atoms with Gasteiger partial charge in [-0.2, -0.15) is 0 Å². The van der Waals surface area contributed by atoms with E-state index in [1.807, 2.05) is 13.2 Å². The fourth-order valence-corrected chi connectivity index (χ4v) is 2.80. The Balaban J connectivity index is 1.77. The second-order valence-corrected chi connectivity index (χ2v) is 5.33. The number of aryl methyl sites for hydroxylation is 1. The van der Waals surface area contributed by atoms with Crippen molar-refractivity contribution < 1.29 is 5.11 Å². The fraction of sp³-hybridized carbons (Fsp3) is 0.846. The fourth-order valence-electron chi connectivity index (χ4n) is 2.80. The van der Waals surface area contributed by atoms with Crippen LogP contribution in [0.2, 0.25) is 0 Å². The van der Waals surface area contributed by atoms with E-state index >= 15 is 0 Å². The van der Waals surface area contributed by atoms with Crippen molar-refractivity contribution in [3.8, 4) is 0 Å². The minimum absolute atomic E-state index is 0.255. The number of hydrogen-bond donors (Lipinski definition) is 1. The maximum atomic E-state index is 10.1. The van der Waals surface area contributed by atoms with Crippen molar-refractivity contribution in [2.75, 3.05) is 0 Å². The van der Waals surface area contributed by atoms with Gasteiger partial charge in [0.25, 0.3) is 0 Å². The molecule has 1 unspecified atom stereocenters. The lowest BCUT2D eigenvalue weighted by Crippen LogP contribution is -2.16. The van der Waals surface area contributed by atoms with Gasteiger partial charge >= 0.3 is 0 Å². The highest BCUT2D eigenvalue weighted by atomic mass is 16.3. The first-order valence-electron chi connectivity index (χ1n) is 6.77. The van der Waals surface area contributed by atoms with Gasteiger partial charge in [-0.15, -0.1) is 5.10 Å². The second-order valence-electron chi connectivity index (χ2n) is 5.33. The zero-order chi connectivity index (χ0) is 12.1. The number of rotatable bonds is 4. The summed E-state index contributed by atoms with van der Waals surface area (Å²) in [6.45, 7) is 0. The van der Waals surface area contributed by atoms with Gasteiger partial charge in [0.05, 0.1) is 11.8 Å². The Morgan fingerprint density at radius 3 is 2.65 bits per heavy atom. The van der Waals surface area contributed by atoms with Crippen LogP contribution in [0.5, 0.6) is 0 Å². The molecular formula is C13H23N3O. The molecule has 1 fully saturated rings. The quantitative estimate of drug-likeness (QED) is 0.816. The zero-order valence-electron chi connectivity index (χ0n) is 10.7. The number of aromatic nitrogens is 3. The topological polar surface area (TPSA) is 50.9 Å². The highest BCUT2D eigenvalue weighted by molar-refractivity contribution is 4.94. The summed E-state index contributed by atoms with van der Waals surface area (Å²) in [6.07, 6.45) is 11.2. The van der Waals surface area contributed by atoms with Crippen LogP contribution in [0.1, 0.15) is 50.6 Å². The molecule has 1 aliphatic rings. The number of nitrogens with zero attached hydrogens (tertiary/aromatic N) is 3. The SMILES string of the molecule is Cn1cc(CC(O)CC2CCCCCC2)nn1. The largest absolute Gasteiger partial charge is 0.393 e. The molecular weight excluding hydrogens is 214 g/mol. The van der Waals surface area contributed by atoms with Crippen LogP contribution in [0, 0.1) is 5.92 Å². The third kappa shape index (κ3) is 4.11. The molecule has 1 aliphatic carbocycles. The molecule has 0 bridgehead atoms. The van der Waals surface area contributed by atoms with Crippen molar-refractivity contribution in [3.63, 3.8) is 0 Å². The molecule has 4 heteroatoms. The van der Waals surface area contributed by atoms with E-state index in [1.165, 1.54) is 38.5 Å². The first-order valence-corrected chi connectivity index (χ1v) is 6.77. The minimum Gasteiger partial charge on any atom is -0.393 e. The van der Waals surface area contributed by atoms with Crippen molar-refractivity contribution in [2.24, 2.45) is 13.0 Å². The average Bonchev–Trinajstić information content (AvgIpc) is 2.53. The summed E-state index contributed by atoms with van der Waals surface area (Å²) in [5.41, 5.74) is 0.897. The van der Waals surface area contributed by atoms with Crippen LogP contribution < -0.4 is 0 Å². The monoisotopic (exact) mass is 237 g/mol. The van der Waals surface area contributed by atoms with Crippen LogP contribution >= 0.6 is 0 Å². The minimum atomic E-state index is -0.255. The smallest absolute Gasteiger partial charge is 0.0852 e. The van der Waals surface area contributed by atoms with Crippen LogP contribution in [-0.4, -0.2) is 26.2 Å². The molecule has 0 radical (unpaired) electrons. The lowest BCUT2D eigenvalue weighted by Gasteiger charge is -2.17. The summed E-state index contributed by atoms with van der Waals surface area (Å²) in [7, 11) is 1.86. The van der Waals surface area contributed by atoms with E-state index in [2.05, 4.69) is 10.3 Å². The van der Waals surface area contributed by atoms with Gasteiger partial charge < -0.3 is 5.11 Å². The molecule has 0 aliphatic heterocycles. The molecule has 2 rings (SSSR count). The molecule has 0 amide bonds. The summed E-state index contributed by atoms with van der Waals surface area (Å²) >= 11 is 0. The van der Waals surface area contributed by atoms with E-state index in [4.69, 9.17) is 0 Å². The van der Waals surface area contributed by atoms with Crippen LogP contribution in [0.15, 0.2) is 6.20 Å². The van der Waals surface area contributed by atoms with E-state index in [-0.39, 0.29) is 6.10 Å². The Labute approximate surface area is 103 Å². The molecule has 1 atom stereocenters. The van der Waals surface area contributed by atoms with Gasteiger partial charge in [0.15, 0.2) is 0 Å². The van der Waals surface area contributed by atoms with Gasteiger partial charge in [0, 0.05) is 19.7 Å². The first-order chi connectivity index (χ1) is 8.24. The van der Waals surface area contributed by atoms with Gasteiger partial charge in [-0.05, 0) is 12.3 Å². The first kappa shape index (κ1) is 12.6. The lowest BCUT2D eigenvalue weighted by molar-refractivity contribution is 0.136. The average molecular weight is 237 g/mol. The second kappa shape index (κ2) is 6.15. The Bertz CT molecular complexity index is 329. The maximum absolute atomic E-state index is 10.1. The van der Waals surface area contributed by atoms with E-state index in [9.17, 15) is 5.11 Å². The molecule has 0 spiro atoms. The normalized spacial score (nSPS) is 20.1. The Morgan fingerprint density at radius 1 is 1.35 bits per heavy atom. The predicted molar refractivity (Wildman–Crippen MR) is 66.5 cm³/mol. The van der Waals surface area contributed by atoms with E-state index in [1.54, 1.807) is 4.68 Å². The summed E-state index contributed by atoms with van der Waals surface area (Å²) in [6, 6.07) is 0. The van der Waals surface area contributed by atoms with Crippen molar-refractivity contribution >= 4 is 0 Å². The predicted octanol–water partition coefficient (Wildman–Crippen LogP) is 2.08. The Hall–Kier alpha value is -0.900. The zero-order valence-corrected chi connectivity index (χ0v) is 10.7. The van der Waals surface area contributed by atoms with Crippen LogP contribution in [-0.2, 0) is 13.5 Å². The van der Waals surface area contributed by atoms with Gasteiger partial charge in [-0.1, -0.05) is 43.7 Å². The summed E-state index contributed by atoms with van der Waals surface area (Å²) in [4.78, 5) is 0. The van der Waals surface area contributed by atoms with Crippen molar-refractivity contribution in [3.05, 3.63) is 11.9 Å². The van der Waals surface area contributed by atoms with Crippen molar-refractivity contribution in [1.29, 1.82) is 0 Å². The lowest BCUT2D eigenvalue weighted by atomic mass is 9.92. The third-order valence-corrected chi connectivity index (χ3v) is 3.68. The molecule has 1 N–H and O–H groups in total. The highest BCUT2D eigenvalue weighted by Gasteiger charge is 2.17. The van der Waals surface area contributed by atoms with Gasteiger partial charge in [-0.3, -0.25) is 4.68 Å². The third-order valence-electron chi connectivity index (χ3n) is 3.68. The maximum Gasteiger partial charge on any atom is 0.0852 e. The Morgan fingerprint density at radius 2 is 2.06 bits per heavy atom. The number of hydrogen-bond acceptors (Lipinski definition) is 3. The molecule has 0 aromatic carbocycles. The number of aliphatic hydroxyl groups is 1. The summed E-state index contributed by atoms with van der Waals surface area (Å²) < 4.78 is 1.69. The van der Waals surface area contributed by atoms with Crippen LogP contribution in [0.3, 0.4) is 0 Å². The molecule has 4 nitrogen and oxygen atoms in total. The standard InChI is InChI=1S/C13H23N3O/c1-16-10-12(14-15-16)9-13(17)8-11-6-4-2-3-5-7-11/h10-11,13,17H,2-9H2,1H3. The highest BCUT2D eigenvalue weighted by Crippen LogP contribution is 2.26. The van der Waals surface area contributed by atoms with Crippen LogP contribution in [0.25, 0.3) is 0 Å². The van der Waals surface area contributed by atoms with Gasteiger partial charge in [0.1, 0.15) is 0 Å². The van der Waals surface area contributed by atoms with Crippen LogP contribution in [0.4, 0.5) is 0 Å². The molecule has 17 heavy (non-hydrogen) atoms. The Kier molecular flexibility index (Phi) is 4.54. The van der Waals surface area contributed by atoms with Crippen molar-refractivity contribution in [1.82, 2.24) is 15.0 Å². The van der Waals surface area contributed by atoms with E-state index < -0.39 is 0 Å². The summed E-state index contributed by atoms with van der Waals surface area (Å²) in [5.74, 6) is 0.712. The number of aliphatic hydroxyl groups excluding tert-OH is 1. The molecule has 1 heterocycles. The van der Waals surface area contributed by atoms with E-state index in [0.29, 0.717) is 12.3 Å². The van der Waals surface area contributed by atoms with Crippen molar-refractivity contribution in [2.45, 2.75) is 57.5 Å². The molecule has 1 aromatic heterocycles. The molecule has 1 saturated carbocycles. The molecule has 96 valence electrons. The van der Waals surface area contributed by atoms with Gasteiger partial charge in [0.2, 0.25) is 0 Å². The summed E-state index contributed by atoms with van der Waals surface area (Å²) in [5, 5.41) is 18.0. The van der Waals surface area contributed by atoms with Gasteiger partial charge in [-0.25, -0.2) is 0 Å². The van der Waals surface area contributed by atoms with E-state index in [0.717, 1.165) is 12.1 Å².